The molecule has 2 aromatic carbocycles. The number of aromatic nitrogens is 2. The van der Waals surface area contributed by atoms with Crippen molar-refractivity contribution in [3.8, 4) is 0 Å². The fourth-order valence-corrected chi connectivity index (χ4v) is 4.93. The van der Waals surface area contributed by atoms with Gasteiger partial charge in [0.05, 0.1) is 10.6 Å². The molecule has 1 N–H and O–H groups in total. The monoisotopic (exact) mass is 500 g/mol. The SMILES string of the molecule is Cc1ccc(N2CCN(c3nc(/C=C4\SC(=O)NC4=O)cc(N(C)Cc4ccccc4)n3)CC2)cc1. The maximum atomic E-state index is 12.1. The van der Waals surface area contributed by atoms with Crippen LogP contribution in [0.1, 0.15) is 16.8 Å². The number of aryl methyl sites for hydroxylation is 1. The topological polar surface area (TPSA) is 81.7 Å². The van der Waals surface area contributed by atoms with Crippen molar-refractivity contribution in [2.75, 3.05) is 47.9 Å². The van der Waals surface area contributed by atoms with E-state index in [9.17, 15) is 9.59 Å². The van der Waals surface area contributed by atoms with Crippen LogP contribution in [-0.4, -0.2) is 54.3 Å². The fraction of sp³-hybridized carbons (Fsp3) is 0.259. The molecule has 0 radical (unpaired) electrons. The number of imide groups is 1. The first-order valence-electron chi connectivity index (χ1n) is 11.9. The Balaban J connectivity index is 1.40. The van der Waals surface area contributed by atoms with Gasteiger partial charge in [0, 0.05) is 51.5 Å². The lowest BCUT2D eigenvalue weighted by Crippen LogP contribution is -2.47. The zero-order chi connectivity index (χ0) is 25.1. The molecule has 2 fully saturated rings. The second-order valence-corrected chi connectivity index (χ2v) is 9.97. The highest BCUT2D eigenvalue weighted by atomic mass is 32.2. The van der Waals surface area contributed by atoms with Crippen molar-refractivity contribution in [3.63, 3.8) is 0 Å². The molecule has 9 heteroatoms. The van der Waals surface area contributed by atoms with Crippen LogP contribution in [0.2, 0.25) is 0 Å². The van der Waals surface area contributed by atoms with Crippen LogP contribution in [0.3, 0.4) is 0 Å². The molecule has 1 aromatic heterocycles. The molecule has 0 spiro atoms. The lowest BCUT2D eigenvalue weighted by molar-refractivity contribution is -0.115. The number of piperazine rings is 1. The van der Waals surface area contributed by atoms with Gasteiger partial charge in [-0.05, 0) is 42.5 Å². The second-order valence-electron chi connectivity index (χ2n) is 8.95. The Morgan fingerprint density at radius 1 is 0.972 bits per heavy atom. The summed E-state index contributed by atoms with van der Waals surface area (Å²) in [7, 11) is 1.99. The van der Waals surface area contributed by atoms with Gasteiger partial charge in [0.1, 0.15) is 5.82 Å². The van der Waals surface area contributed by atoms with Crippen LogP contribution in [0.5, 0.6) is 0 Å². The zero-order valence-corrected chi connectivity index (χ0v) is 21.2. The average Bonchev–Trinajstić information content (AvgIpc) is 3.21. The predicted molar refractivity (Wildman–Crippen MR) is 145 cm³/mol. The molecule has 2 saturated heterocycles. The van der Waals surface area contributed by atoms with Gasteiger partial charge in [-0.1, -0.05) is 48.0 Å². The lowest BCUT2D eigenvalue weighted by atomic mass is 10.2. The Labute approximate surface area is 215 Å². The highest BCUT2D eigenvalue weighted by Gasteiger charge is 2.26. The summed E-state index contributed by atoms with van der Waals surface area (Å²) in [5.74, 6) is 0.986. The van der Waals surface area contributed by atoms with Gasteiger partial charge >= 0.3 is 0 Å². The number of rotatable bonds is 6. The van der Waals surface area contributed by atoms with Crippen LogP contribution in [0.15, 0.2) is 65.6 Å². The van der Waals surface area contributed by atoms with Gasteiger partial charge < -0.3 is 14.7 Å². The average molecular weight is 501 g/mol. The van der Waals surface area contributed by atoms with Crippen molar-refractivity contribution in [2.45, 2.75) is 13.5 Å². The molecule has 0 saturated carbocycles. The summed E-state index contributed by atoms with van der Waals surface area (Å²) in [5, 5.41) is 1.94. The molecule has 0 unspecified atom stereocenters. The van der Waals surface area contributed by atoms with Crippen LogP contribution in [0.25, 0.3) is 6.08 Å². The van der Waals surface area contributed by atoms with Crippen molar-refractivity contribution < 1.29 is 9.59 Å². The van der Waals surface area contributed by atoms with Crippen LogP contribution in [0, 0.1) is 6.92 Å². The van der Waals surface area contributed by atoms with E-state index < -0.39 is 5.91 Å². The molecule has 2 aliphatic rings. The quantitative estimate of drug-likeness (QED) is 0.508. The minimum atomic E-state index is -0.393. The Hall–Kier alpha value is -3.85. The van der Waals surface area contributed by atoms with E-state index in [0.717, 1.165) is 43.8 Å². The van der Waals surface area contributed by atoms with E-state index in [4.69, 9.17) is 9.97 Å². The molecule has 3 aromatic rings. The number of hydrogen-bond donors (Lipinski definition) is 1. The third kappa shape index (κ3) is 5.52. The number of hydrogen-bond acceptors (Lipinski definition) is 8. The van der Waals surface area contributed by atoms with E-state index >= 15 is 0 Å². The number of anilines is 3. The Kier molecular flexibility index (Phi) is 6.90. The van der Waals surface area contributed by atoms with Gasteiger partial charge in [0.25, 0.3) is 11.1 Å². The van der Waals surface area contributed by atoms with E-state index in [1.54, 1.807) is 6.08 Å². The molecule has 0 aliphatic carbocycles. The fourth-order valence-electron chi connectivity index (χ4n) is 4.26. The largest absolute Gasteiger partial charge is 0.368 e. The first-order valence-corrected chi connectivity index (χ1v) is 12.7. The predicted octanol–water partition coefficient (Wildman–Crippen LogP) is 4.07. The van der Waals surface area contributed by atoms with E-state index in [-0.39, 0.29) is 5.24 Å². The van der Waals surface area contributed by atoms with Crippen LogP contribution in [0.4, 0.5) is 22.2 Å². The van der Waals surface area contributed by atoms with Crippen LogP contribution >= 0.6 is 11.8 Å². The molecule has 0 bridgehead atoms. The molecule has 0 atom stereocenters. The second kappa shape index (κ2) is 10.4. The lowest BCUT2D eigenvalue weighted by Gasteiger charge is -2.36. The highest BCUT2D eigenvalue weighted by molar-refractivity contribution is 8.18. The summed E-state index contributed by atoms with van der Waals surface area (Å²) in [6.07, 6.45) is 1.67. The van der Waals surface area contributed by atoms with Crippen molar-refractivity contribution in [1.82, 2.24) is 15.3 Å². The summed E-state index contributed by atoms with van der Waals surface area (Å²) in [6, 6.07) is 20.7. The minimum absolute atomic E-state index is 0.338. The Morgan fingerprint density at radius 2 is 1.67 bits per heavy atom. The van der Waals surface area contributed by atoms with Crippen molar-refractivity contribution >= 4 is 46.4 Å². The maximum Gasteiger partial charge on any atom is 0.290 e. The van der Waals surface area contributed by atoms with E-state index in [1.807, 2.05) is 31.3 Å². The molecule has 36 heavy (non-hydrogen) atoms. The number of nitrogens with one attached hydrogen (secondary N) is 1. The third-order valence-corrected chi connectivity index (χ3v) is 7.07. The van der Waals surface area contributed by atoms with Gasteiger partial charge in [-0.2, -0.15) is 4.98 Å². The summed E-state index contributed by atoms with van der Waals surface area (Å²) >= 11 is 0.893. The molecular formula is C27H28N6O2S. The third-order valence-electron chi connectivity index (χ3n) is 6.26. The standard InChI is InChI=1S/C27H28N6O2S/c1-19-8-10-22(11-9-19)32-12-14-33(15-13-32)26-28-21(16-23-25(34)30-27(35)36-23)17-24(29-26)31(2)18-20-6-4-3-5-7-20/h3-11,16-17H,12-15,18H2,1-2H3,(H,30,34,35)/b23-16-. The molecule has 184 valence electrons. The Bertz CT molecular complexity index is 1290. The number of thioether (sulfide) groups is 1. The summed E-state index contributed by atoms with van der Waals surface area (Å²) in [5.41, 5.74) is 4.24. The first-order chi connectivity index (χ1) is 17.4. The molecule has 2 amide bonds. The number of nitrogens with zero attached hydrogens (tertiary/aromatic N) is 5. The normalized spacial score (nSPS) is 17.0. The number of benzene rings is 2. The summed E-state index contributed by atoms with van der Waals surface area (Å²) in [6.45, 7) is 6.06. The van der Waals surface area contributed by atoms with Crippen LogP contribution < -0.4 is 20.0 Å². The molecule has 8 nitrogen and oxygen atoms in total. The maximum absolute atomic E-state index is 12.1. The van der Waals surface area contributed by atoms with Crippen molar-refractivity contribution in [1.29, 1.82) is 0 Å². The van der Waals surface area contributed by atoms with Gasteiger partial charge in [0.2, 0.25) is 5.95 Å². The molecule has 5 rings (SSSR count). The van der Waals surface area contributed by atoms with Crippen LogP contribution in [-0.2, 0) is 11.3 Å². The van der Waals surface area contributed by atoms with E-state index in [2.05, 4.69) is 63.3 Å². The molecular weight excluding hydrogens is 472 g/mol. The highest BCUT2D eigenvalue weighted by Crippen LogP contribution is 2.28. The van der Waals surface area contributed by atoms with E-state index in [1.165, 1.54) is 16.8 Å². The van der Waals surface area contributed by atoms with Crippen molar-refractivity contribution in [3.05, 3.63) is 82.4 Å². The number of carbonyl (C=O) groups excluding carboxylic acids is 2. The summed E-state index contributed by atoms with van der Waals surface area (Å²) < 4.78 is 0. The molecule has 2 aliphatic heterocycles. The number of amides is 2. The minimum Gasteiger partial charge on any atom is -0.368 e. The summed E-state index contributed by atoms with van der Waals surface area (Å²) in [4.78, 5) is 40.4. The zero-order valence-electron chi connectivity index (χ0n) is 20.3. The number of carbonyl (C=O) groups is 2. The molecule has 3 heterocycles. The van der Waals surface area contributed by atoms with Gasteiger partial charge in [0.15, 0.2) is 0 Å². The van der Waals surface area contributed by atoms with Gasteiger partial charge in [-0.15, -0.1) is 0 Å². The van der Waals surface area contributed by atoms with Crippen molar-refractivity contribution in [2.24, 2.45) is 0 Å². The van der Waals surface area contributed by atoms with Gasteiger partial charge in [-0.25, -0.2) is 4.98 Å². The van der Waals surface area contributed by atoms with Gasteiger partial charge in [-0.3, -0.25) is 14.9 Å². The van der Waals surface area contributed by atoms with E-state index in [0.29, 0.717) is 23.1 Å². The smallest absolute Gasteiger partial charge is 0.290 e. The Morgan fingerprint density at radius 3 is 2.33 bits per heavy atom. The first kappa shape index (κ1) is 23.9.